The van der Waals surface area contributed by atoms with Gasteiger partial charge in [0.05, 0.1) is 11.4 Å². The Morgan fingerprint density at radius 3 is 2.40 bits per heavy atom. The first-order valence-corrected chi connectivity index (χ1v) is 7.61. The predicted octanol–water partition coefficient (Wildman–Crippen LogP) is 0.0409. The third-order valence-electron chi connectivity index (χ3n) is 2.92. The van der Waals surface area contributed by atoms with Crippen molar-refractivity contribution in [2.24, 2.45) is 0 Å². The third kappa shape index (κ3) is 3.08. The van der Waals surface area contributed by atoms with Gasteiger partial charge in [0, 0.05) is 12.1 Å². The van der Waals surface area contributed by atoms with Crippen molar-refractivity contribution in [3.63, 3.8) is 0 Å². The van der Waals surface area contributed by atoms with Crippen molar-refractivity contribution >= 4 is 27.6 Å². The highest BCUT2D eigenvalue weighted by atomic mass is 32.2. The number of carbonyl (C=O) groups is 2. The Kier molecular flexibility index (Phi) is 3.93. The molecule has 0 unspecified atom stereocenters. The molecule has 0 saturated carbocycles. The van der Waals surface area contributed by atoms with Gasteiger partial charge in [-0.05, 0) is 30.7 Å². The van der Waals surface area contributed by atoms with Crippen LogP contribution in [0.15, 0.2) is 24.3 Å². The molecule has 0 radical (unpaired) electrons. The Balaban J connectivity index is 2.10. The molecule has 2 rings (SSSR count). The number of benzene rings is 1. The molecular weight excluding hydrogens is 284 g/mol. The van der Waals surface area contributed by atoms with E-state index in [4.69, 9.17) is 5.11 Å². The van der Waals surface area contributed by atoms with E-state index in [-0.39, 0.29) is 11.3 Å². The first-order chi connectivity index (χ1) is 9.40. The molecule has 0 aliphatic carbocycles. The molecule has 2 N–H and O–H groups in total. The van der Waals surface area contributed by atoms with E-state index in [1.807, 2.05) is 0 Å². The van der Waals surface area contributed by atoms with Gasteiger partial charge in [0.1, 0.15) is 6.54 Å². The lowest BCUT2D eigenvalue weighted by molar-refractivity contribution is -0.135. The standard InChI is InChI=1S/C12H14N2O5S/c15-11(16)8-13-12(17)9-2-4-10(5-3-9)14-6-1-7-20(14,18)19/h2-5H,1,6-8H2,(H,13,17)(H,15,16). The molecule has 1 aromatic rings. The van der Waals surface area contributed by atoms with Crippen LogP contribution in [0.2, 0.25) is 0 Å². The van der Waals surface area contributed by atoms with Gasteiger partial charge in [-0.15, -0.1) is 0 Å². The summed E-state index contributed by atoms with van der Waals surface area (Å²) in [5, 5.41) is 10.7. The number of carboxylic acid groups (broad SMARTS) is 1. The van der Waals surface area contributed by atoms with Gasteiger partial charge in [-0.2, -0.15) is 0 Å². The smallest absolute Gasteiger partial charge is 0.322 e. The zero-order valence-corrected chi connectivity index (χ0v) is 11.4. The highest BCUT2D eigenvalue weighted by Crippen LogP contribution is 2.24. The maximum Gasteiger partial charge on any atom is 0.322 e. The van der Waals surface area contributed by atoms with Gasteiger partial charge in [0.25, 0.3) is 5.91 Å². The Labute approximate surface area is 116 Å². The van der Waals surface area contributed by atoms with E-state index in [2.05, 4.69) is 5.32 Å². The van der Waals surface area contributed by atoms with Crippen LogP contribution in [0, 0.1) is 0 Å². The molecule has 108 valence electrons. The van der Waals surface area contributed by atoms with E-state index in [0.29, 0.717) is 18.7 Å². The molecule has 1 fully saturated rings. The minimum atomic E-state index is -3.24. The fourth-order valence-corrected chi connectivity index (χ4v) is 3.53. The summed E-state index contributed by atoms with van der Waals surface area (Å²) in [5.74, 6) is -1.50. The van der Waals surface area contributed by atoms with E-state index >= 15 is 0 Å². The fourth-order valence-electron chi connectivity index (χ4n) is 1.97. The SMILES string of the molecule is O=C(O)CNC(=O)c1ccc(N2CCCS2(=O)=O)cc1. The number of rotatable bonds is 4. The minimum Gasteiger partial charge on any atom is -0.480 e. The molecule has 0 spiro atoms. The molecule has 0 aromatic heterocycles. The lowest BCUT2D eigenvalue weighted by Crippen LogP contribution is -2.29. The molecular formula is C12H14N2O5S. The number of hydrogen-bond acceptors (Lipinski definition) is 4. The number of nitrogens with zero attached hydrogens (tertiary/aromatic N) is 1. The van der Waals surface area contributed by atoms with Crippen molar-refractivity contribution < 1.29 is 23.1 Å². The van der Waals surface area contributed by atoms with Crippen LogP contribution >= 0.6 is 0 Å². The van der Waals surface area contributed by atoms with Gasteiger partial charge in [0.15, 0.2) is 0 Å². The Morgan fingerprint density at radius 2 is 1.90 bits per heavy atom. The lowest BCUT2D eigenvalue weighted by atomic mass is 10.2. The molecule has 1 aliphatic rings. The first-order valence-electron chi connectivity index (χ1n) is 6.00. The van der Waals surface area contributed by atoms with Crippen molar-refractivity contribution in [1.29, 1.82) is 0 Å². The molecule has 1 aromatic carbocycles. The summed E-state index contributed by atoms with van der Waals surface area (Å²) in [6.45, 7) is -0.0199. The van der Waals surface area contributed by atoms with Crippen LogP contribution in [-0.2, 0) is 14.8 Å². The van der Waals surface area contributed by atoms with Crippen molar-refractivity contribution in [2.75, 3.05) is 23.1 Å². The first kappa shape index (κ1) is 14.3. The zero-order valence-electron chi connectivity index (χ0n) is 10.6. The zero-order chi connectivity index (χ0) is 14.8. The van der Waals surface area contributed by atoms with E-state index in [1.165, 1.54) is 16.4 Å². The molecule has 0 bridgehead atoms. The number of hydrogen-bond donors (Lipinski definition) is 2. The van der Waals surface area contributed by atoms with E-state index in [9.17, 15) is 18.0 Å². The summed E-state index contributed by atoms with van der Waals surface area (Å²) < 4.78 is 24.8. The van der Waals surface area contributed by atoms with Crippen LogP contribution in [0.25, 0.3) is 0 Å². The van der Waals surface area contributed by atoms with E-state index in [0.717, 1.165) is 0 Å². The van der Waals surface area contributed by atoms with Crippen molar-refractivity contribution in [2.45, 2.75) is 6.42 Å². The van der Waals surface area contributed by atoms with Gasteiger partial charge >= 0.3 is 5.97 Å². The Hall–Kier alpha value is -2.09. The number of carbonyl (C=O) groups excluding carboxylic acids is 1. The van der Waals surface area contributed by atoms with Gasteiger partial charge in [0.2, 0.25) is 10.0 Å². The van der Waals surface area contributed by atoms with Gasteiger partial charge in [-0.3, -0.25) is 13.9 Å². The highest BCUT2D eigenvalue weighted by molar-refractivity contribution is 7.93. The van der Waals surface area contributed by atoms with Gasteiger partial charge < -0.3 is 10.4 Å². The molecule has 1 heterocycles. The van der Waals surface area contributed by atoms with Gasteiger partial charge in [-0.1, -0.05) is 0 Å². The van der Waals surface area contributed by atoms with Crippen molar-refractivity contribution in [3.05, 3.63) is 29.8 Å². The largest absolute Gasteiger partial charge is 0.480 e. The minimum absolute atomic E-state index is 0.133. The van der Waals surface area contributed by atoms with Crippen LogP contribution in [0.5, 0.6) is 0 Å². The Morgan fingerprint density at radius 1 is 1.25 bits per heavy atom. The monoisotopic (exact) mass is 298 g/mol. The number of amides is 1. The summed E-state index contributed by atoms with van der Waals surface area (Å²) in [6, 6.07) is 6.03. The number of aliphatic carboxylic acids is 1. The van der Waals surface area contributed by atoms with E-state index in [1.54, 1.807) is 12.1 Å². The molecule has 1 amide bonds. The van der Waals surface area contributed by atoms with Gasteiger partial charge in [-0.25, -0.2) is 8.42 Å². The number of sulfonamides is 1. The molecule has 1 aliphatic heterocycles. The molecule has 7 nitrogen and oxygen atoms in total. The Bertz CT molecular complexity index is 624. The number of nitrogens with one attached hydrogen (secondary N) is 1. The topological polar surface area (TPSA) is 104 Å². The predicted molar refractivity (Wildman–Crippen MR) is 72.2 cm³/mol. The van der Waals surface area contributed by atoms with Crippen molar-refractivity contribution in [1.82, 2.24) is 5.32 Å². The molecule has 8 heteroatoms. The molecule has 20 heavy (non-hydrogen) atoms. The van der Waals surface area contributed by atoms with E-state index < -0.39 is 28.4 Å². The van der Waals surface area contributed by atoms with Crippen LogP contribution in [0.4, 0.5) is 5.69 Å². The lowest BCUT2D eigenvalue weighted by Gasteiger charge is -2.16. The molecule has 1 saturated heterocycles. The summed E-state index contributed by atoms with van der Waals surface area (Å²) in [7, 11) is -3.24. The average molecular weight is 298 g/mol. The average Bonchev–Trinajstić information content (AvgIpc) is 2.76. The van der Waals surface area contributed by atoms with Crippen LogP contribution in [-0.4, -0.2) is 44.2 Å². The number of carboxylic acids is 1. The number of anilines is 1. The third-order valence-corrected chi connectivity index (χ3v) is 4.79. The summed E-state index contributed by atoms with van der Waals surface area (Å²) in [4.78, 5) is 21.9. The van der Waals surface area contributed by atoms with Crippen molar-refractivity contribution in [3.8, 4) is 0 Å². The highest BCUT2D eigenvalue weighted by Gasteiger charge is 2.28. The summed E-state index contributed by atoms with van der Waals surface area (Å²) >= 11 is 0. The summed E-state index contributed by atoms with van der Waals surface area (Å²) in [5.41, 5.74) is 0.795. The second-order valence-corrected chi connectivity index (χ2v) is 6.38. The van der Waals surface area contributed by atoms with Crippen LogP contribution < -0.4 is 9.62 Å². The maximum absolute atomic E-state index is 11.7. The maximum atomic E-state index is 11.7. The second kappa shape index (κ2) is 5.49. The van der Waals surface area contributed by atoms with Crippen LogP contribution in [0.1, 0.15) is 16.8 Å². The quantitative estimate of drug-likeness (QED) is 0.817. The summed E-state index contributed by atoms with van der Waals surface area (Å²) in [6.07, 6.45) is 0.586. The van der Waals surface area contributed by atoms with Crippen LogP contribution in [0.3, 0.4) is 0 Å². The normalized spacial score (nSPS) is 16.9. The molecule has 0 atom stereocenters. The second-order valence-electron chi connectivity index (χ2n) is 4.36. The fraction of sp³-hybridized carbons (Fsp3) is 0.333.